The van der Waals surface area contributed by atoms with Crippen LogP contribution in [0.15, 0.2) is 11.6 Å². The molecule has 1 saturated carbocycles. The van der Waals surface area contributed by atoms with Crippen LogP contribution in [0.4, 0.5) is 5.13 Å². The molecule has 3 rings (SSSR count). The van der Waals surface area contributed by atoms with Gasteiger partial charge < -0.3 is 10.2 Å². The summed E-state index contributed by atoms with van der Waals surface area (Å²) in [5.74, 6) is 0.208. The maximum Gasteiger partial charge on any atom is 0.237 e. The van der Waals surface area contributed by atoms with E-state index >= 15 is 0 Å². The zero-order chi connectivity index (χ0) is 16.1. The Hall–Kier alpha value is -1.14. The van der Waals surface area contributed by atoms with Gasteiger partial charge in [-0.25, -0.2) is 4.98 Å². The third-order valence-electron chi connectivity index (χ3n) is 5.13. The minimum absolute atomic E-state index is 0.0308. The molecule has 2 aliphatic rings. The van der Waals surface area contributed by atoms with Crippen molar-refractivity contribution in [3.05, 3.63) is 11.6 Å². The molecule has 1 amide bonds. The fraction of sp³-hybridized carbons (Fsp3) is 0.765. The lowest BCUT2D eigenvalue weighted by Crippen LogP contribution is -2.55. The molecule has 1 aromatic heterocycles. The van der Waals surface area contributed by atoms with Crippen LogP contribution in [-0.2, 0) is 4.79 Å². The first kappa shape index (κ1) is 16.7. The summed E-state index contributed by atoms with van der Waals surface area (Å²) in [6.07, 6.45) is 9.31. The summed E-state index contributed by atoms with van der Waals surface area (Å²) in [6.45, 7) is 5.81. The van der Waals surface area contributed by atoms with Gasteiger partial charge in [0.15, 0.2) is 5.13 Å². The topological polar surface area (TPSA) is 48.5 Å². The Morgan fingerprint density at radius 2 is 1.91 bits per heavy atom. The monoisotopic (exact) mass is 336 g/mol. The van der Waals surface area contributed by atoms with Crippen LogP contribution < -0.4 is 10.2 Å². The van der Waals surface area contributed by atoms with E-state index in [0.717, 1.165) is 44.2 Å². The van der Waals surface area contributed by atoms with E-state index in [9.17, 15) is 4.79 Å². The van der Waals surface area contributed by atoms with Crippen LogP contribution in [-0.4, -0.2) is 54.1 Å². The zero-order valence-electron chi connectivity index (χ0n) is 14.0. The van der Waals surface area contributed by atoms with Crippen LogP contribution in [0, 0.1) is 0 Å². The van der Waals surface area contributed by atoms with E-state index in [1.54, 1.807) is 11.3 Å². The van der Waals surface area contributed by atoms with Crippen molar-refractivity contribution in [2.75, 3.05) is 31.1 Å². The predicted molar refractivity (Wildman–Crippen MR) is 95.0 cm³/mol. The molecule has 0 bridgehead atoms. The molecule has 23 heavy (non-hydrogen) atoms. The standard InChI is InChI=1S/C17H28N4OS/c1-14(16(22)19-15-6-4-2-3-5-7-15)20-9-11-21(12-10-20)17-18-8-13-23-17/h8,13-15H,2-7,9-12H2,1H3,(H,19,22). The van der Waals surface area contributed by atoms with E-state index in [1.165, 1.54) is 25.7 Å². The number of carbonyl (C=O) groups is 1. The van der Waals surface area contributed by atoms with Gasteiger partial charge in [-0.3, -0.25) is 9.69 Å². The van der Waals surface area contributed by atoms with Gasteiger partial charge in [-0.05, 0) is 19.8 Å². The van der Waals surface area contributed by atoms with Crippen molar-refractivity contribution in [2.45, 2.75) is 57.5 Å². The van der Waals surface area contributed by atoms with Gasteiger partial charge in [-0.15, -0.1) is 11.3 Å². The number of aromatic nitrogens is 1. The van der Waals surface area contributed by atoms with E-state index < -0.39 is 0 Å². The summed E-state index contributed by atoms with van der Waals surface area (Å²) < 4.78 is 0. The molecule has 0 spiro atoms. The van der Waals surface area contributed by atoms with Gasteiger partial charge in [0, 0.05) is 43.8 Å². The van der Waals surface area contributed by atoms with Crippen molar-refractivity contribution in [2.24, 2.45) is 0 Å². The molecule has 0 aromatic carbocycles. The lowest BCUT2D eigenvalue weighted by molar-refractivity contribution is -0.126. The van der Waals surface area contributed by atoms with Gasteiger partial charge in [0.05, 0.1) is 6.04 Å². The number of rotatable bonds is 4. The molecule has 1 atom stereocenters. The first-order chi connectivity index (χ1) is 11.2. The van der Waals surface area contributed by atoms with Crippen LogP contribution in [0.2, 0.25) is 0 Å². The van der Waals surface area contributed by atoms with Gasteiger partial charge in [-0.2, -0.15) is 0 Å². The molecule has 1 aromatic rings. The van der Waals surface area contributed by atoms with Gasteiger partial charge in [0.1, 0.15) is 0 Å². The summed E-state index contributed by atoms with van der Waals surface area (Å²) in [5.41, 5.74) is 0. The normalized spacial score (nSPS) is 22.6. The lowest BCUT2D eigenvalue weighted by atomic mass is 10.1. The molecule has 1 saturated heterocycles. The van der Waals surface area contributed by atoms with Crippen molar-refractivity contribution in [1.29, 1.82) is 0 Å². The molecule has 0 radical (unpaired) electrons. The van der Waals surface area contributed by atoms with Crippen molar-refractivity contribution < 1.29 is 4.79 Å². The maximum absolute atomic E-state index is 12.6. The third-order valence-corrected chi connectivity index (χ3v) is 5.97. The number of thiazole rings is 1. The highest BCUT2D eigenvalue weighted by molar-refractivity contribution is 7.13. The number of amides is 1. The highest BCUT2D eigenvalue weighted by Gasteiger charge is 2.27. The molecule has 6 heteroatoms. The van der Waals surface area contributed by atoms with Gasteiger partial charge in [0.2, 0.25) is 5.91 Å². The second-order valence-corrected chi connectivity index (χ2v) is 7.58. The molecule has 1 N–H and O–H groups in total. The van der Waals surface area contributed by atoms with E-state index in [1.807, 2.05) is 18.5 Å². The van der Waals surface area contributed by atoms with E-state index in [2.05, 4.69) is 20.1 Å². The lowest BCUT2D eigenvalue weighted by Gasteiger charge is -2.37. The van der Waals surface area contributed by atoms with Gasteiger partial charge in [0.25, 0.3) is 0 Å². The Morgan fingerprint density at radius 3 is 2.52 bits per heavy atom. The summed E-state index contributed by atoms with van der Waals surface area (Å²) in [7, 11) is 0. The van der Waals surface area contributed by atoms with Crippen molar-refractivity contribution in [1.82, 2.24) is 15.2 Å². The quantitative estimate of drug-likeness (QED) is 0.858. The SMILES string of the molecule is CC(C(=O)NC1CCCCCC1)N1CCN(c2nccs2)CC1. The molecule has 1 unspecified atom stereocenters. The van der Waals surface area contributed by atoms with Gasteiger partial charge >= 0.3 is 0 Å². The van der Waals surface area contributed by atoms with Crippen molar-refractivity contribution in [3.63, 3.8) is 0 Å². The smallest absolute Gasteiger partial charge is 0.237 e. The van der Waals surface area contributed by atoms with Crippen LogP contribution >= 0.6 is 11.3 Å². The molecule has 128 valence electrons. The van der Waals surface area contributed by atoms with Crippen LogP contribution in [0.3, 0.4) is 0 Å². The number of anilines is 1. The molecule has 1 aliphatic heterocycles. The maximum atomic E-state index is 12.6. The minimum Gasteiger partial charge on any atom is -0.352 e. The first-order valence-electron chi connectivity index (χ1n) is 8.93. The second-order valence-electron chi connectivity index (χ2n) is 6.71. The number of carbonyl (C=O) groups excluding carboxylic acids is 1. The summed E-state index contributed by atoms with van der Waals surface area (Å²) in [5, 5.41) is 6.41. The molecular weight excluding hydrogens is 308 g/mol. The Kier molecular flexibility index (Phi) is 5.89. The summed E-state index contributed by atoms with van der Waals surface area (Å²) in [6, 6.07) is 0.362. The van der Waals surface area contributed by atoms with Gasteiger partial charge in [-0.1, -0.05) is 25.7 Å². The number of piperazine rings is 1. The van der Waals surface area contributed by atoms with Crippen molar-refractivity contribution in [3.8, 4) is 0 Å². The Morgan fingerprint density at radius 1 is 1.22 bits per heavy atom. The van der Waals surface area contributed by atoms with E-state index in [-0.39, 0.29) is 11.9 Å². The Labute approximate surface area is 143 Å². The van der Waals surface area contributed by atoms with E-state index in [4.69, 9.17) is 0 Å². The highest BCUT2D eigenvalue weighted by Crippen LogP contribution is 2.20. The number of nitrogens with zero attached hydrogens (tertiary/aromatic N) is 3. The first-order valence-corrected chi connectivity index (χ1v) is 9.81. The number of nitrogens with one attached hydrogen (secondary N) is 1. The summed E-state index contributed by atoms with van der Waals surface area (Å²) >= 11 is 1.69. The number of hydrogen-bond acceptors (Lipinski definition) is 5. The molecule has 2 heterocycles. The average Bonchev–Trinajstić information content (AvgIpc) is 3.00. The minimum atomic E-state index is -0.0308. The summed E-state index contributed by atoms with van der Waals surface area (Å²) in [4.78, 5) is 21.6. The molecule has 1 aliphatic carbocycles. The molecule has 2 fully saturated rings. The average molecular weight is 337 g/mol. The zero-order valence-corrected chi connectivity index (χ0v) is 14.9. The largest absolute Gasteiger partial charge is 0.352 e. The molecular formula is C17H28N4OS. The van der Waals surface area contributed by atoms with E-state index in [0.29, 0.717) is 6.04 Å². The van der Waals surface area contributed by atoms with Crippen LogP contribution in [0.25, 0.3) is 0 Å². The highest BCUT2D eigenvalue weighted by atomic mass is 32.1. The Bertz CT molecular complexity index is 477. The third kappa shape index (κ3) is 4.44. The Balaban J connectivity index is 1.46. The fourth-order valence-electron chi connectivity index (χ4n) is 3.58. The van der Waals surface area contributed by atoms with Crippen LogP contribution in [0.5, 0.6) is 0 Å². The van der Waals surface area contributed by atoms with Crippen molar-refractivity contribution >= 4 is 22.4 Å². The fourth-order valence-corrected chi connectivity index (χ4v) is 4.28. The molecule has 5 nitrogen and oxygen atoms in total. The number of hydrogen-bond donors (Lipinski definition) is 1. The second kappa shape index (κ2) is 8.11. The predicted octanol–water partition coefficient (Wildman–Crippen LogP) is 2.49. The van der Waals surface area contributed by atoms with Crippen LogP contribution in [0.1, 0.15) is 45.4 Å².